The third-order valence-corrected chi connectivity index (χ3v) is 3.27. The Kier molecular flexibility index (Phi) is 5.67. The van der Waals surface area contributed by atoms with E-state index in [1.54, 1.807) is 31.2 Å². The Morgan fingerprint density at radius 3 is 2.55 bits per heavy atom. The monoisotopic (exact) mass is 318 g/mol. The summed E-state index contributed by atoms with van der Waals surface area (Å²) in [5.41, 5.74) is 1.54. The molecule has 0 aliphatic heterocycles. The van der Waals surface area contributed by atoms with Crippen molar-refractivity contribution in [2.24, 2.45) is 0 Å². The molecule has 116 valence electrons. The van der Waals surface area contributed by atoms with Gasteiger partial charge in [0.15, 0.2) is 0 Å². The molecule has 0 aliphatic carbocycles. The Hall–Kier alpha value is -2.20. The van der Waals surface area contributed by atoms with Gasteiger partial charge in [-0.2, -0.15) is 0 Å². The van der Waals surface area contributed by atoms with Crippen LogP contribution in [0.15, 0.2) is 48.5 Å². The Morgan fingerprint density at radius 2 is 1.91 bits per heavy atom. The predicted octanol–water partition coefficient (Wildman–Crippen LogP) is 4.18. The molecule has 0 radical (unpaired) electrons. The smallest absolute Gasteiger partial charge is 0.246 e. The van der Waals surface area contributed by atoms with E-state index in [1.807, 2.05) is 31.2 Å². The minimum absolute atomic E-state index is 0.129. The second-order valence-corrected chi connectivity index (χ2v) is 5.26. The van der Waals surface area contributed by atoms with Crippen LogP contribution in [0.25, 0.3) is 0 Å². The van der Waals surface area contributed by atoms with Crippen molar-refractivity contribution in [2.45, 2.75) is 19.9 Å². The van der Waals surface area contributed by atoms with Crippen molar-refractivity contribution in [2.75, 3.05) is 17.2 Å². The van der Waals surface area contributed by atoms with E-state index in [9.17, 15) is 4.79 Å². The molecule has 0 spiro atoms. The summed E-state index contributed by atoms with van der Waals surface area (Å²) in [7, 11) is 0. The zero-order chi connectivity index (χ0) is 15.9. The number of carbonyl (C=O) groups is 1. The molecule has 5 heteroatoms. The van der Waals surface area contributed by atoms with Gasteiger partial charge in [-0.1, -0.05) is 17.7 Å². The molecule has 0 saturated heterocycles. The Labute approximate surface area is 135 Å². The van der Waals surface area contributed by atoms with Crippen molar-refractivity contribution in [3.05, 3.63) is 53.6 Å². The number of ether oxygens (including phenoxy) is 1. The van der Waals surface area contributed by atoms with Gasteiger partial charge < -0.3 is 15.4 Å². The largest absolute Gasteiger partial charge is 0.494 e. The van der Waals surface area contributed by atoms with Gasteiger partial charge in [-0.15, -0.1) is 0 Å². The summed E-state index contributed by atoms with van der Waals surface area (Å²) in [5.74, 6) is 0.681. The van der Waals surface area contributed by atoms with Crippen molar-refractivity contribution < 1.29 is 9.53 Å². The fourth-order valence-electron chi connectivity index (χ4n) is 1.95. The molecule has 0 aromatic heterocycles. The number of amides is 1. The third-order valence-electron chi connectivity index (χ3n) is 3.03. The van der Waals surface area contributed by atoms with Gasteiger partial charge in [-0.05, 0) is 56.3 Å². The van der Waals surface area contributed by atoms with Gasteiger partial charge in [0.25, 0.3) is 0 Å². The van der Waals surface area contributed by atoms with Gasteiger partial charge >= 0.3 is 0 Å². The maximum Gasteiger partial charge on any atom is 0.246 e. The molecule has 22 heavy (non-hydrogen) atoms. The van der Waals surface area contributed by atoms with Crippen molar-refractivity contribution in [3.8, 4) is 5.75 Å². The summed E-state index contributed by atoms with van der Waals surface area (Å²) < 4.78 is 5.38. The minimum Gasteiger partial charge on any atom is -0.494 e. The summed E-state index contributed by atoms with van der Waals surface area (Å²) in [6.07, 6.45) is 0. The highest BCUT2D eigenvalue weighted by Gasteiger charge is 2.12. The van der Waals surface area contributed by atoms with Crippen molar-refractivity contribution >= 4 is 28.9 Å². The SMILES string of the molecule is CCOc1ccc(N[C@H](C)C(=O)Nc2cccc(Cl)c2)cc1. The van der Waals surface area contributed by atoms with Gasteiger partial charge in [0.2, 0.25) is 5.91 Å². The second kappa shape index (κ2) is 7.71. The summed E-state index contributed by atoms with van der Waals surface area (Å²) in [4.78, 5) is 12.2. The lowest BCUT2D eigenvalue weighted by Gasteiger charge is -2.15. The van der Waals surface area contributed by atoms with E-state index in [1.165, 1.54) is 0 Å². The molecule has 2 rings (SSSR count). The van der Waals surface area contributed by atoms with Crippen LogP contribution < -0.4 is 15.4 Å². The van der Waals surface area contributed by atoms with Crippen LogP contribution in [-0.2, 0) is 4.79 Å². The van der Waals surface area contributed by atoms with Crippen LogP contribution in [-0.4, -0.2) is 18.6 Å². The number of anilines is 2. The summed E-state index contributed by atoms with van der Waals surface area (Å²) >= 11 is 5.90. The first kappa shape index (κ1) is 16.2. The van der Waals surface area contributed by atoms with Crippen molar-refractivity contribution in [1.82, 2.24) is 0 Å². The number of halogens is 1. The Bertz CT molecular complexity index is 629. The molecule has 0 saturated carbocycles. The topological polar surface area (TPSA) is 50.4 Å². The molecule has 4 nitrogen and oxygen atoms in total. The van der Waals surface area contributed by atoms with E-state index in [4.69, 9.17) is 16.3 Å². The number of rotatable bonds is 6. The number of nitrogens with one attached hydrogen (secondary N) is 2. The molecule has 0 aliphatic rings. The highest BCUT2D eigenvalue weighted by molar-refractivity contribution is 6.30. The van der Waals surface area contributed by atoms with E-state index >= 15 is 0 Å². The average molecular weight is 319 g/mol. The fraction of sp³-hybridized carbons (Fsp3) is 0.235. The van der Waals surface area contributed by atoms with Crippen LogP contribution in [0.3, 0.4) is 0 Å². The number of hydrogen-bond donors (Lipinski definition) is 2. The maximum atomic E-state index is 12.2. The molecule has 2 N–H and O–H groups in total. The molecule has 0 fully saturated rings. The minimum atomic E-state index is -0.378. The van der Waals surface area contributed by atoms with Gasteiger partial charge in [0, 0.05) is 16.4 Å². The van der Waals surface area contributed by atoms with E-state index in [0.717, 1.165) is 11.4 Å². The van der Waals surface area contributed by atoms with E-state index in [-0.39, 0.29) is 11.9 Å². The van der Waals surface area contributed by atoms with E-state index in [2.05, 4.69) is 10.6 Å². The number of hydrogen-bond acceptors (Lipinski definition) is 3. The predicted molar refractivity (Wildman–Crippen MR) is 90.8 cm³/mol. The van der Waals surface area contributed by atoms with Crippen LogP contribution in [0.2, 0.25) is 5.02 Å². The molecule has 2 aromatic carbocycles. The summed E-state index contributed by atoms with van der Waals surface area (Å²) in [5, 5.41) is 6.56. The van der Waals surface area contributed by atoms with E-state index < -0.39 is 0 Å². The lowest BCUT2D eigenvalue weighted by Crippen LogP contribution is -2.31. The summed E-state index contributed by atoms with van der Waals surface area (Å²) in [6.45, 7) is 4.37. The molecule has 0 unspecified atom stereocenters. The van der Waals surface area contributed by atoms with Crippen LogP contribution >= 0.6 is 11.6 Å². The van der Waals surface area contributed by atoms with E-state index in [0.29, 0.717) is 17.3 Å². The first-order valence-electron chi connectivity index (χ1n) is 7.14. The zero-order valence-electron chi connectivity index (χ0n) is 12.6. The molecule has 1 atom stereocenters. The standard InChI is InChI=1S/C17H19ClN2O2/c1-3-22-16-9-7-14(8-10-16)19-12(2)17(21)20-15-6-4-5-13(18)11-15/h4-12,19H,3H2,1-2H3,(H,20,21)/t12-/m1/s1. The first-order valence-corrected chi connectivity index (χ1v) is 7.52. The second-order valence-electron chi connectivity index (χ2n) is 4.82. The Morgan fingerprint density at radius 1 is 1.18 bits per heavy atom. The van der Waals surface area contributed by atoms with Crippen LogP contribution in [0.4, 0.5) is 11.4 Å². The summed E-state index contributed by atoms with van der Waals surface area (Å²) in [6, 6.07) is 14.2. The normalized spacial score (nSPS) is 11.6. The fourth-order valence-corrected chi connectivity index (χ4v) is 2.14. The molecule has 0 bridgehead atoms. The molecular formula is C17H19ClN2O2. The number of carbonyl (C=O) groups excluding carboxylic acids is 1. The third kappa shape index (κ3) is 4.67. The van der Waals surface area contributed by atoms with Gasteiger partial charge in [-0.25, -0.2) is 0 Å². The molecule has 0 heterocycles. The average Bonchev–Trinajstić information content (AvgIpc) is 2.49. The highest BCUT2D eigenvalue weighted by Crippen LogP contribution is 2.18. The van der Waals surface area contributed by atoms with Crippen LogP contribution in [0, 0.1) is 0 Å². The lowest BCUT2D eigenvalue weighted by atomic mass is 10.2. The zero-order valence-corrected chi connectivity index (χ0v) is 13.4. The van der Waals surface area contributed by atoms with Crippen LogP contribution in [0.1, 0.15) is 13.8 Å². The maximum absolute atomic E-state index is 12.2. The number of benzene rings is 2. The lowest BCUT2D eigenvalue weighted by molar-refractivity contribution is -0.116. The van der Waals surface area contributed by atoms with Gasteiger partial charge in [0.1, 0.15) is 11.8 Å². The first-order chi connectivity index (χ1) is 10.6. The van der Waals surface area contributed by atoms with Gasteiger partial charge in [-0.3, -0.25) is 4.79 Å². The van der Waals surface area contributed by atoms with Crippen molar-refractivity contribution in [3.63, 3.8) is 0 Å². The highest BCUT2D eigenvalue weighted by atomic mass is 35.5. The quantitative estimate of drug-likeness (QED) is 0.840. The van der Waals surface area contributed by atoms with Gasteiger partial charge in [0.05, 0.1) is 6.61 Å². The molecule has 2 aromatic rings. The molecule has 1 amide bonds. The molecular weight excluding hydrogens is 300 g/mol. The van der Waals surface area contributed by atoms with Crippen molar-refractivity contribution in [1.29, 1.82) is 0 Å². The Balaban J connectivity index is 1.93. The van der Waals surface area contributed by atoms with Crippen LogP contribution in [0.5, 0.6) is 5.75 Å².